The summed E-state index contributed by atoms with van der Waals surface area (Å²) in [5, 5.41) is 30.8. The number of aromatic hydroxyl groups is 1. The summed E-state index contributed by atoms with van der Waals surface area (Å²) in [6.07, 6.45) is 0.0934. The fourth-order valence-electron chi connectivity index (χ4n) is 2.00. The fourth-order valence-corrected chi connectivity index (χ4v) is 2.00. The molecule has 0 unspecified atom stereocenters. The number of nitro benzene ring substituents is 2. The van der Waals surface area contributed by atoms with Gasteiger partial charge in [-0.3, -0.25) is 20.2 Å². The highest BCUT2D eigenvalue weighted by atomic mass is 16.6. The molecule has 0 heterocycles. The molecule has 0 aliphatic rings. The molecule has 0 saturated heterocycles. The van der Waals surface area contributed by atoms with E-state index in [9.17, 15) is 30.1 Å². The number of rotatable bonds is 6. The van der Waals surface area contributed by atoms with Crippen molar-refractivity contribution in [2.45, 2.75) is 12.5 Å². The lowest BCUT2D eigenvalue weighted by molar-refractivity contribution is -0.394. The first-order valence-electron chi connectivity index (χ1n) is 6.95. The van der Waals surface area contributed by atoms with Gasteiger partial charge in [-0.2, -0.15) is 0 Å². The van der Waals surface area contributed by atoms with Gasteiger partial charge in [0.2, 0.25) is 0 Å². The van der Waals surface area contributed by atoms with Gasteiger partial charge >= 0.3 is 5.97 Å². The summed E-state index contributed by atoms with van der Waals surface area (Å²) in [7, 11) is 0. The topological polar surface area (TPSA) is 159 Å². The first kappa shape index (κ1) is 17.8. The predicted molar refractivity (Wildman–Crippen MR) is 85.2 cm³/mol. The molecule has 0 fully saturated rings. The standard InChI is InChI=1S/C15H13N3O7/c16-14(5-9-1-3-12(19)4-2-9)15(20)25-13-7-10(17(21)22)6-11(8-13)18(23)24/h1-4,6-8,14,19H,5,16H2/t14-/m0/s1. The highest BCUT2D eigenvalue weighted by molar-refractivity contribution is 5.78. The number of esters is 1. The van der Waals surface area contributed by atoms with E-state index in [-0.39, 0.29) is 17.9 Å². The average molecular weight is 347 g/mol. The minimum atomic E-state index is -1.09. The predicted octanol–water partition coefficient (Wildman–Crippen LogP) is 1.68. The van der Waals surface area contributed by atoms with Crippen LogP contribution < -0.4 is 10.5 Å². The number of carbonyl (C=O) groups is 1. The maximum absolute atomic E-state index is 12.0. The van der Waals surface area contributed by atoms with E-state index in [4.69, 9.17) is 10.5 Å². The van der Waals surface area contributed by atoms with Gasteiger partial charge in [-0.25, -0.2) is 4.79 Å². The summed E-state index contributed by atoms with van der Waals surface area (Å²) in [4.78, 5) is 32.0. The van der Waals surface area contributed by atoms with Crippen LogP contribution in [-0.2, 0) is 11.2 Å². The van der Waals surface area contributed by atoms with Crippen LogP contribution in [0.1, 0.15) is 5.56 Å². The average Bonchev–Trinajstić information content (AvgIpc) is 2.56. The molecule has 10 heteroatoms. The van der Waals surface area contributed by atoms with Gasteiger partial charge in [-0.05, 0) is 24.1 Å². The second kappa shape index (κ2) is 7.36. The number of ether oxygens (including phenoxy) is 1. The van der Waals surface area contributed by atoms with Crippen LogP contribution in [0, 0.1) is 20.2 Å². The van der Waals surface area contributed by atoms with Crippen LogP contribution in [0.25, 0.3) is 0 Å². The Labute approximate surface area is 140 Å². The van der Waals surface area contributed by atoms with Crippen molar-refractivity contribution in [1.29, 1.82) is 0 Å². The van der Waals surface area contributed by atoms with Gasteiger partial charge in [0.05, 0.1) is 28.0 Å². The van der Waals surface area contributed by atoms with Crippen LogP contribution in [0.3, 0.4) is 0 Å². The number of nitrogens with two attached hydrogens (primary N) is 1. The van der Waals surface area contributed by atoms with Crippen LogP contribution in [-0.4, -0.2) is 27.0 Å². The van der Waals surface area contributed by atoms with E-state index in [0.29, 0.717) is 5.56 Å². The minimum Gasteiger partial charge on any atom is -0.508 e. The van der Waals surface area contributed by atoms with Gasteiger partial charge in [-0.15, -0.1) is 0 Å². The molecule has 1 atom stereocenters. The molecule has 2 aromatic rings. The Hall–Kier alpha value is -3.53. The van der Waals surface area contributed by atoms with Crippen molar-refractivity contribution >= 4 is 17.3 Å². The molecule has 2 rings (SSSR count). The first-order chi connectivity index (χ1) is 11.8. The molecule has 25 heavy (non-hydrogen) atoms. The molecule has 0 bridgehead atoms. The molecule has 2 aromatic carbocycles. The molecule has 0 aliphatic heterocycles. The van der Waals surface area contributed by atoms with Crippen molar-refractivity contribution in [3.8, 4) is 11.5 Å². The lowest BCUT2D eigenvalue weighted by Gasteiger charge is -2.11. The molecule has 0 aromatic heterocycles. The summed E-state index contributed by atoms with van der Waals surface area (Å²) in [6.45, 7) is 0. The molecular formula is C15H13N3O7. The van der Waals surface area contributed by atoms with E-state index in [1.54, 1.807) is 12.1 Å². The normalized spacial score (nSPS) is 11.6. The number of hydrogen-bond acceptors (Lipinski definition) is 8. The van der Waals surface area contributed by atoms with E-state index in [0.717, 1.165) is 18.2 Å². The van der Waals surface area contributed by atoms with Crippen molar-refractivity contribution in [2.24, 2.45) is 5.73 Å². The Balaban J connectivity index is 2.14. The third kappa shape index (κ3) is 4.72. The van der Waals surface area contributed by atoms with Crippen molar-refractivity contribution in [2.75, 3.05) is 0 Å². The van der Waals surface area contributed by atoms with E-state index >= 15 is 0 Å². The zero-order valence-corrected chi connectivity index (χ0v) is 12.7. The van der Waals surface area contributed by atoms with Gasteiger partial charge in [0.1, 0.15) is 17.5 Å². The number of hydrogen-bond donors (Lipinski definition) is 2. The van der Waals surface area contributed by atoms with Crippen LogP contribution in [0.15, 0.2) is 42.5 Å². The summed E-state index contributed by atoms with van der Waals surface area (Å²) < 4.78 is 4.93. The minimum absolute atomic E-state index is 0.0591. The van der Waals surface area contributed by atoms with E-state index in [1.807, 2.05) is 0 Å². The monoisotopic (exact) mass is 347 g/mol. The van der Waals surface area contributed by atoms with Crippen LogP contribution in [0.4, 0.5) is 11.4 Å². The van der Waals surface area contributed by atoms with Crippen molar-refractivity contribution in [1.82, 2.24) is 0 Å². The quantitative estimate of drug-likeness (QED) is 0.345. The number of carbonyl (C=O) groups excluding carboxylic acids is 1. The molecule has 0 spiro atoms. The van der Waals surface area contributed by atoms with E-state index in [2.05, 4.69) is 0 Å². The van der Waals surface area contributed by atoms with Crippen LogP contribution >= 0.6 is 0 Å². The summed E-state index contributed by atoms with van der Waals surface area (Å²) in [5.74, 6) is -1.18. The largest absolute Gasteiger partial charge is 0.508 e. The van der Waals surface area contributed by atoms with Crippen LogP contribution in [0.2, 0.25) is 0 Å². The summed E-state index contributed by atoms with van der Waals surface area (Å²) >= 11 is 0. The Morgan fingerprint density at radius 1 is 1.08 bits per heavy atom. The Morgan fingerprint density at radius 3 is 2.08 bits per heavy atom. The molecule has 10 nitrogen and oxygen atoms in total. The maximum Gasteiger partial charge on any atom is 0.328 e. The van der Waals surface area contributed by atoms with Crippen molar-refractivity contribution in [3.05, 3.63) is 68.3 Å². The first-order valence-corrected chi connectivity index (χ1v) is 6.95. The van der Waals surface area contributed by atoms with Crippen molar-refractivity contribution < 1.29 is 24.5 Å². The molecule has 3 N–H and O–H groups in total. The second-order valence-electron chi connectivity index (χ2n) is 5.10. The molecule has 0 aliphatic carbocycles. The van der Waals surface area contributed by atoms with Crippen LogP contribution in [0.5, 0.6) is 11.5 Å². The molecule has 0 amide bonds. The fraction of sp³-hybridized carbons (Fsp3) is 0.133. The second-order valence-corrected chi connectivity index (χ2v) is 5.10. The number of non-ortho nitro benzene ring substituents is 2. The van der Waals surface area contributed by atoms with Gasteiger partial charge in [0.15, 0.2) is 0 Å². The Morgan fingerprint density at radius 2 is 1.60 bits per heavy atom. The zero-order chi connectivity index (χ0) is 18.6. The Kier molecular flexibility index (Phi) is 5.25. The number of phenols is 1. The number of nitro groups is 2. The third-order valence-electron chi connectivity index (χ3n) is 3.21. The smallest absolute Gasteiger partial charge is 0.328 e. The Bertz CT molecular complexity index is 788. The SMILES string of the molecule is N[C@@H](Cc1ccc(O)cc1)C(=O)Oc1cc([N+](=O)[O-])cc([N+](=O)[O-])c1. The van der Waals surface area contributed by atoms with Crippen molar-refractivity contribution in [3.63, 3.8) is 0 Å². The van der Waals surface area contributed by atoms with Gasteiger partial charge in [-0.1, -0.05) is 12.1 Å². The number of phenolic OH excluding ortho intramolecular Hbond substituents is 1. The lowest BCUT2D eigenvalue weighted by atomic mass is 10.1. The summed E-state index contributed by atoms with van der Waals surface area (Å²) in [5.41, 5.74) is 5.23. The third-order valence-corrected chi connectivity index (χ3v) is 3.21. The number of benzene rings is 2. The maximum atomic E-state index is 12.0. The van der Waals surface area contributed by atoms with Gasteiger partial charge < -0.3 is 15.6 Å². The lowest BCUT2D eigenvalue weighted by Crippen LogP contribution is -2.36. The van der Waals surface area contributed by atoms with Gasteiger partial charge in [0.25, 0.3) is 11.4 Å². The van der Waals surface area contributed by atoms with Gasteiger partial charge in [0, 0.05) is 0 Å². The zero-order valence-electron chi connectivity index (χ0n) is 12.7. The highest BCUT2D eigenvalue weighted by Crippen LogP contribution is 2.27. The molecule has 130 valence electrons. The number of nitrogens with zero attached hydrogens (tertiary/aromatic N) is 2. The van der Waals surface area contributed by atoms with E-state index < -0.39 is 33.2 Å². The molecule has 0 radical (unpaired) electrons. The molecule has 0 saturated carbocycles. The molecular weight excluding hydrogens is 334 g/mol. The highest BCUT2D eigenvalue weighted by Gasteiger charge is 2.21. The summed E-state index contributed by atoms with van der Waals surface area (Å²) in [6, 6.07) is 7.46. The van der Waals surface area contributed by atoms with E-state index in [1.165, 1.54) is 12.1 Å².